The molecule has 3 N–H and O–H groups in total. The van der Waals surface area contributed by atoms with Crippen LogP contribution in [0.15, 0.2) is 27.4 Å². The Bertz CT molecular complexity index is 1000. The third-order valence-corrected chi connectivity index (χ3v) is 4.87. The average molecular weight is 423 g/mol. The summed E-state index contributed by atoms with van der Waals surface area (Å²) in [5, 5.41) is 23.7. The lowest BCUT2D eigenvalue weighted by Gasteiger charge is -2.46. The third kappa shape index (κ3) is 4.12. The zero-order valence-electron chi connectivity index (χ0n) is 17.3. The summed E-state index contributed by atoms with van der Waals surface area (Å²) < 4.78 is 27.5. The molecule has 1 aliphatic rings. The Morgan fingerprint density at radius 2 is 1.83 bits per heavy atom. The van der Waals surface area contributed by atoms with Crippen LogP contribution in [-0.4, -0.2) is 60.5 Å². The molecule has 2 aromatic rings. The molecule has 1 aliphatic heterocycles. The standard InChI is InChI=1S/C20H25NO9/c1-9(22)21-11-6-10-7-13(26-4)14(8-12(10)28-18(11)25)29-19-16(24)15(23)17(27-5)20(2,3)30-19/h6-8,15-17,19,23-24H,1-5H3,(H,21,22)/t15?,16?,17-,19?/m1/s1. The molecule has 0 radical (unpaired) electrons. The molecule has 0 aliphatic carbocycles. The lowest BCUT2D eigenvalue weighted by atomic mass is 9.89. The first kappa shape index (κ1) is 22.0. The zero-order valence-corrected chi connectivity index (χ0v) is 17.3. The number of aliphatic hydroxyl groups excluding tert-OH is 2. The summed E-state index contributed by atoms with van der Waals surface area (Å²) in [5.41, 5.74) is -1.53. The number of amides is 1. The number of fused-ring (bicyclic) bond motifs is 1. The van der Waals surface area contributed by atoms with Crippen molar-refractivity contribution in [1.82, 2.24) is 0 Å². The molecule has 0 saturated carbocycles. The number of carbonyl (C=O) groups excluding carboxylic acids is 1. The van der Waals surface area contributed by atoms with Crippen LogP contribution in [0, 0.1) is 0 Å². The predicted molar refractivity (Wildman–Crippen MR) is 106 cm³/mol. The van der Waals surface area contributed by atoms with Crippen LogP contribution in [0.3, 0.4) is 0 Å². The van der Waals surface area contributed by atoms with Crippen LogP contribution in [0.1, 0.15) is 20.8 Å². The minimum atomic E-state index is -1.41. The first-order valence-corrected chi connectivity index (χ1v) is 9.24. The Morgan fingerprint density at radius 1 is 1.13 bits per heavy atom. The Balaban J connectivity index is 1.97. The van der Waals surface area contributed by atoms with Crippen LogP contribution >= 0.6 is 0 Å². The molecule has 3 unspecified atom stereocenters. The summed E-state index contributed by atoms with van der Waals surface area (Å²) in [7, 11) is 2.83. The van der Waals surface area contributed by atoms with Gasteiger partial charge in [0.05, 0.1) is 12.7 Å². The van der Waals surface area contributed by atoms with Crippen molar-refractivity contribution in [2.75, 3.05) is 19.5 Å². The average Bonchev–Trinajstić information content (AvgIpc) is 2.66. The van der Waals surface area contributed by atoms with E-state index in [4.69, 9.17) is 23.4 Å². The highest BCUT2D eigenvalue weighted by molar-refractivity contribution is 5.91. The van der Waals surface area contributed by atoms with Crippen molar-refractivity contribution in [2.24, 2.45) is 0 Å². The van der Waals surface area contributed by atoms with Crippen molar-refractivity contribution in [3.8, 4) is 11.5 Å². The van der Waals surface area contributed by atoms with Crippen LogP contribution in [0.25, 0.3) is 11.0 Å². The van der Waals surface area contributed by atoms with Gasteiger partial charge in [0.1, 0.15) is 29.6 Å². The van der Waals surface area contributed by atoms with Gasteiger partial charge in [-0.2, -0.15) is 0 Å². The van der Waals surface area contributed by atoms with E-state index in [2.05, 4.69) is 5.32 Å². The van der Waals surface area contributed by atoms with Crippen LogP contribution in [0.5, 0.6) is 11.5 Å². The molecule has 0 bridgehead atoms. The molecule has 1 fully saturated rings. The highest BCUT2D eigenvalue weighted by atomic mass is 16.7. The Morgan fingerprint density at radius 3 is 2.43 bits per heavy atom. The number of methoxy groups -OCH3 is 2. The van der Waals surface area contributed by atoms with E-state index >= 15 is 0 Å². The smallest absolute Gasteiger partial charge is 0.360 e. The Hall–Kier alpha value is -2.66. The van der Waals surface area contributed by atoms with Crippen LogP contribution < -0.4 is 20.4 Å². The SMILES string of the molecule is COc1cc2cc(NC(C)=O)c(=O)oc2cc1OC1OC(C)(C)[C@H](OC)C(O)C1O. The maximum absolute atomic E-state index is 12.1. The van der Waals surface area contributed by atoms with Crippen molar-refractivity contribution in [2.45, 2.75) is 51.0 Å². The fraction of sp³-hybridized carbons (Fsp3) is 0.500. The van der Waals surface area contributed by atoms with Gasteiger partial charge in [-0.25, -0.2) is 4.79 Å². The van der Waals surface area contributed by atoms with E-state index in [0.717, 1.165) is 0 Å². The second kappa shape index (κ2) is 8.23. The number of hydrogen-bond donors (Lipinski definition) is 3. The van der Waals surface area contributed by atoms with Gasteiger partial charge in [-0.05, 0) is 26.0 Å². The molecule has 1 saturated heterocycles. The monoisotopic (exact) mass is 423 g/mol. The minimum Gasteiger partial charge on any atom is -0.493 e. The Labute approximate surface area is 172 Å². The first-order chi connectivity index (χ1) is 14.1. The predicted octanol–water partition coefficient (Wildman–Crippen LogP) is 1.01. The van der Waals surface area contributed by atoms with Crippen LogP contribution in [0.2, 0.25) is 0 Å². The molecule has 0 spiro atoms. The van der Waals surface area contributed by atoms with Gasteiger partial charge in [0.15, 0.2) is 11.5 Å². The number of nitrogens with one attached hydrogen (secondary N) is 1. The topological polar surface area (TPSA) is 137 Å². The third-order valence-electron chi connectivity index (χ3n) is 4.87. The number of rotatable bonds is 5. The largest absolute Gasteiger partial charge is 0.493 e. The van der Waals surface area contributed by atoms with E-state index in [1.165, 1.54) is 33.3 Å². The summed E-state index contributed by atoms with van der Waals surface area (Å²) in [4.78, 5) is 23.4. The Kier molecular flexibility index (Phi) is 6.04. The molecular formula is C20H25NO9. The van der Waals surface area contributed by atoms with Crippen molar-refractivity contribution < 1.29 is 38.4 Å². The molecule has 164 valence electrons. The molecule has 4 atom stereocenters. The summed E-state index contributed by atoms with van der Waals surface area (Å²) in [6.45, 7) is 4.68. The second-order valence-corrected chi connectivity index (χ2v) is 7.51. The number of benzene rings is 1. The van der Waals surface area contributed by atoms with Gasteiger partial charge in [-0.1, -0.05) is 0 Å². The molecule has 30 heavy (non-hydrogen) atoms. The normalized spacial score (nSPS) is 25.7. The second-order valence-electron chi connectivity index (χ2n) is 7.51. The minimum absolute atomic E-state index is 0.00719. The van der Waals surface area contributed by atoms with Gasteiger partial charge >= 0.3 is 5.63 Å². The summed E-state index contributed by atoms with van der Waals surface area (Å²) >= 11 is 0. The van der Waals surface area contributed by atoms with Crippen LogP contribution in [-0.2, 0) is 14.3 Å². The van der Waals surface area contributed by atoms with E-state index in [9.17, 15) is 19.8 Å². The highest BCUT2D eigenvalue weighted by Gasteiger charge is 2.50. The van der Waals surface area contributed by atoms with Gasteiger partial charge in [0, 0.05) is 25.5 Å². The van der Waals surface area contributed by atoms with E-state index in [0.29, 0.717) is 5.39 Å². The summed E-state index contributed by atoms with van der Waals surface area (Å²) in [6.07, 6.45) is -4.67. The molecule has 1 aromatic heterocycles. The molecule has 2 heterocycles. The van der Waals surface area contributed by atoms with Crippen molar-refractivity contribution in [1.29, 1.82) is 0 Å². The number of anilines is 1. The molecule has 10 nitrogen and oxygen atoms in total. The van der Waals surface area contributed by atoms with E-state index < -0.39 is 41.7 Å². The molecular weight excluding hydrogens is 398 g/mol. The van der Waals surface area contributed by atoms with Gasteiger partial charge in [-0.15, -0.1) is 0 Å². The van der Waals surface area contributed by atoms with Gasteiger partial charge in [-0.3, -0.25) is 4.79 Å². The van der Waals surface area contributed by atoms with E-state index in [-0.39, 0.29) is 22.8 Å². The number of aliphatic hydroxyl groups is 2. The quantitative estimate of drug-likeness (QED) is 0.602. The summed E-state index contributed by atoms with van der Waals surface area (Å²) in [6, 6.07) is 4.41. The van der Waals surface area contributed by atoms with Gasteiger partial charge in [0.2, 0.25) is 12.2 Å². The highest BCUT2D eigenvalue weighted by Crippen LogP contribution is 2.37. The fourth-order valence-corrected chi connectivity index (χ4v) is 3.49. The van der Waals surface area contributed by atoms with Gasteiger partial charge < -0.3 is 38.9 Å². The van der Waals surface area contributed by atoms with Gasteiger partial charge in [0.25, 0.3) is 0 Å². The number of carbonyl (C=O) groups is 1. The van der Waals surface area contributed by atoms with Crippen molar-refractivity contribution >= 4 is 22.6 Å². The molecule has 1 amide bonds. The number of hydrogen-bond acceptors (Lipinski definition) is 9. The zero-order chi connectivity index (χ0) is 22.2. The molecule has 10 heteroatoms. The van der Waals surface area contributed by atoms with Crippen LogP contribution in [0.4, 0.5) is 5.69 Å². The maximum Gasteiger partial charge on any atom is 0.360 e. The molecule has 1 aromatic carbocycles. The fourth-order valence-electron chi connectivity index (χ4n) is 3.49. The first-order valence-electron chi connectivity index (χ1n) is 9.24. The van der Waals surface area contributed by atoms with E-state index in [1.54, 1.807) is 19.9 Å². The number of ether oxygens (including phenoxy) is 4. The summed E-state index contributed by atoms with van der Waals surface area (Å²) in [5.74, 6) is -0.0158. The maximum atomic E-state index is 12.1. The van der Waals surface area contributed by atoms with Crippen molar-refractivity contribution in [3.05, 3.63) is 28.6 Å². The van der Waals surface area contributed by atoms with Crippen molar-refractivity contribution in [3.63, 3.8) is 0 Å². The molecule has 3 rings (SSSR count). The van der Waals surface area contributed by atoms with E-state index in [1.807, 2.05) is 0 Å². The lowest BCUT2D eigenvalue weighted by Crippen LogP contribution is -2.63. The lowest BCUT2D eigenvalue weighted by molar-refractivity contribution is -0.306.